The van der Waals surface area contributed by atoms with E-state index < -0.39 is 17.2 Å². The molecule has 0 saturated carbocycles. The molecule has 1 aliphatic carbocycles. The molecule has 2 N–H and O–H groups in total. The molecule has 0 spiro atoms. The average molecular weight is 522 g/mol. The molecule has 0 aromatic heterocycles. The number of nitrogens with one attached hydrogen (secondary N) is 2. The predicted octanol–water partition coefficient (Wildman–Crippen LogP) is 5.73. The molecule has 198 valence electrons. The minimum atomic E-state index is -4.34. The number of halogens is 3. The van der Waals surface area contributed by atoms with Crippen LogP contribution in [0.25, 0.3) is 0 Å². The SMILES string of the molecule is CC1(NC(=O)c2ccc(C(C)(C)C#N)cc2)Cc2ccccc2C1.O=CNCc1cccc(C(F)(F)F)c1. The molecule has 0 radical (unpaired) electrons. The number of fused-ring (bicyclic) bond motifs is 1. The largest absolute Gasteiger partial charge is 0.416 e. The van der Waals surface area contributed by atoms with Crippen LogP contribution in [0.4, 0.5) is 13.2 Å². The minimum absolute atomic E-state index is 0.0633. The van der Waals surface area contributed by atoms with E-state index >= 15 is 0 Å². The molecule has 0 bridgehead atoms. The van der Waals surface area contributed by atoms with Gasteiger partial charge in [0.05, 0.1) is 17.0 Å². The van der Waals surface area contributed by atoms with Crippen molar-refractivity contribution in [3.8, 4) is 6.07 Å². The summed E-state index contributed by atoms with van der Waals surface area (Å²) in [5.74, 6) is -0.0633. The summed E-state index contributed by atoms with van der Waals surface area (Å²) >= 11 is 0. The summed E-state index contributed by atoms with van der Waals surface area (Å²) in [6.45, 7) is 5.95. The summed E-state index contributed by atoms with van der Waals surface area (Å²) in [4.78, 5) is 22.5. The van der Waals surface area contributed by atoms with Crippen LogP contribution in [-0.4, -0.2) is 17.9 Å². The van der Waals surface area contributed by atoms with Crippen molar-refractivity contribution in [3.05, 3.63) is 106 Å². The fraction of sp³-hybridized carbons (Fsp3) is 0.300. The highest BCUT2D eigenvalue weighted by Gasteiger charge is 2.34. The van der Waals surface area contributed by atoms with E-state index in [0.717, 1.165) is 30.5 Å². The second-order valence-electron chi connectivity index (χ2n) is 10.1. The fourth-order valence-corrected chi connectivity index (χ4v) is 4.36. The third-order valence-electron chi connectivity index (χ3n) is 6.49. The molecule has 3 aromatic carbocycles. The fourth-order valence-electron chi connectivity index (χ4n) is 4.36. The lowest BCUT2D eigenvalue weighted by molar-refractivity contribution is -0.137. The van der Waals surface area contributed by atoms with E-state index in [-0.39, 0.29) is 18.0 Å². The maximum atomic E-state index is 12.6. The van der Waals surface area contributed by atoms with Gasteiger partial charge in [0.25, 0.3) is 5.91 Å². The standard InChI is InChI=1S/C21H22N2O.C9H8F3NO/c1-20(2,14-22)18-10-8-15(9-11-18)19(24)23-21(3)12-16-6-4-5-7-17(16)13-21;10-9(11,12)8-3-1-2-7(4-8)5-13-6-14/h4-11H,12-13H2,1-3H3,(H,23,24);1-4,6H,5H2,(H,13,14). The molecule has 3 aromatic rings. The Morgan fingerprint density at radius 1 is 0.974 bits per heavy atom. The summed E-state index contributed by atoms with van der Waals surface area (Å²) in [5.41, 5.74) is 3.09. The highest BCUT2D eigenvalue weighted by Crippen LogP contribution is 2.31. The maximum Gasteiger partial charge on any atom is 0.416 e. The molecule has 2 amide bonds. The first-order chi connectivity index (χ1) is 17.9. The van der Waals surface area contributed by atoms with E-state index in [2.05, 4.69) is 35.8 Å². The Bertz CT molecular complexity index is 1300. The number of hydrogen-bond donors (Lipinski definition) is 2. The number of alkyl halides is 3. The van der Waals surface area contributed by atoms with Gasteiger partial charge < -0.3 is 10.6 Å². The van der Waals surface area contributed by atoms with E-state index in [1.165, 1.54) is 23.3 Å². The Morgan fingerprint density at radius 3 is 2.11 bits per heavy atom. The first kappa shape index (κ1) is 28.5. The molecule has 38 heavy (non-hydrogen) atoms. The zero-order chi connectivity index (χ0) is 28.0. The number of benzene rings is 3. The zero-order valence-electron chi connectivity index (χ0n) is 21.5. The van der Waals surface area contributed by atoms with Crippen LogP contribution < -0.4 is 10.6 Å². The quantitative estimate of drug-likeness (QED) is 0.407. The van der Waals surface area contributed by atoms with Gasteiger partial charge in [0.1, 0.15) is 0 Å². The van der Waals surface area contributed by atoms with Gasteiger partial charge in [0.15, 0.2) is 0 Å². The topological polar surface area (TPSA) is 82.0 Å². The molecule has 1 aliphatic rings. The van der Waals surface area contributed by atoms with Crippen molar-refractivity contribution in [2.45, 2.75) is 57.3 Å². The number of amides is 2. The summed E-state index contributed by atoms with van der Waals surface area (Å²) < 4.78 is 36.6. The predicted molar refractivity (Wildman–Crippen MR) is 139 cm³/mol. The number of rotatable bonds is 6. The number of hydrogen-bond acceptors (Lipinski definition) is 3. The van der Waals surface area contributed by atoms with Crippen LogP contribution in [0.3, 0.4) is 0 Å². The van der Waals surface area contributed by atoms with E-state index in [9.17, 15) is 28.0 Å². The maximum absolute atomic E-state index is 12.6. The second-order valence-corrected chi connectivity index (χ2v) is 10.1. The van der Waals surface area contributed by atoms with Gasteiger partial charge >= 0.3 is 6.18 Å². The van der Waals surface area contributed by atoms with Crippen molar-refractivity contribution in [1.29, 1.82) is 5.26 Å². The number of carbonyl (C=O) groups excluding carboxylic acids is 2. The molecule has 0 aliphatic heterocycles. The van der Waals surface area contributed by atoms with Crippen LogP contribution in [0, 0.1) is 11.3 Å². The van der Waals surface area contributed by atoms with Gasteiger partial charge in [-0.3, -0.25) is 9.59 Å². The van der Waals surface area contributed by atoms with Gasteiger partial charge in [-0.1, -0.05) is 48.5 Å². The summed E-state index contributed by atoms with van der Waals surface area (Å²) in [7, 11) is 0. The monoisotopic (exact) mass is 521 g/mol. The van der Waals surface area contributed by atoms with Crippen LogP contribution in [0.5, 0.6) is 0 Å². The molecule has 0 atom stereocenters. The first-order valence-corrected chi connectivity index (χ1v) is 12.1. The normalized spacial score (nSPS) is 13.8. The zero-order valence-corrected chi connectivity index (χ0v) is 21.5. The van der Waals surface area contributed by atoms with Gasteiger partial charge in [-0.2, -0.15) is 18.4 Å². The lowest BCUT2D eigenvalue weighted by atomic mass is 9.86. The molecule has 0 fully saturated rings. The second kappa shape index (κ2) is 11.5. The van der Waals surface area contributed by atoms with Gasteiger partial charge in [-0.25, -0.2) is 0 Å². The molecular weight excluding hydrogens is 491 g/mol. The van der Waals surface area contributed by atoms with Crippen molar-refractivity contribution < 1.29 is 22.8 Å². The Morgan fingerprint density at radius 2 is 1.58 bits per heavy atom. The Kier molecular flexibility index (Phi) is 8.62. The van der Waals surface area contributed by atoms with Crippen LogP contribution in [-0.2, 0) is 35.8 Å². The van der Waals surface area contributed by atoms with E-state index in [4.69, 9.17) is 0 Å². The molecule has 0 saturated heterocycles. The number of nitriles is 1. The van der Waals surface area contributed by atoms with Gasteiger partial charge in [0.2, 0.25) is 6.41 Å². The van der Waals surface area contributed by atoms with E-state index in [1.54, 1.807) is 12.1 Å². The van der Waals surface area contributed by atoms with Crippen molar-refractivity contribution in [3.63, 3.8) is 0 Å². The average Bonchev–Trinajstić information content (AvgIpc) is 3.23. The highest BCUT2D eigenvalue weighted by molar-refractivity contribution is 5.94. The van der Waals surface area contributed by atoms with Gasteiger partial charge in [-0.05, 0) is 80.1 Å². The summed E-state index contributed by atoms with van der Waals surface area (Å²) in [6.07, 6.45) is -2.18. The van der Waals surface area contributed by atoms with E-state index in [0.29, 0.717) is 17.5 Å². The highest BCUT2D eigenvalue weighted by atomic mass is 19.4. The van der Waals surface area contributed by atoms with Crippen LogP contribution >= 0.6 is 0 Å². The number of nitrogens with zero attached hydrogens (tertiary/aromatic N) is 1. The van der Waals surface area contributed by atoms with Gasteiger partial charge in [-0.15, -0.1) is 0 Å². The third kappa shape index (κ3) is 7.22. The lowest BCUT2D eigenvalue weighted by Gasteiger charge is -2.25. The molecule has 4 rings (SSSR count). The molecule has 5 nitrogen and oxygen atoms in total. The van der Waals surface area contributed by atoms with Crippen LogP contribution in [0.1, 0.15) is 58.9 Å². The Balaban J connectivity index is 0.000000244. The van der Waals surface area contributed by atoms with Crippen molar-refractivity contribution in [2.24, 2.45) is 0 Å². The van der Waals surface area contributed by atoms with E-state index in [1.807, 2.05) is 38.1 Å². The molecule has 8 heteroatoms. The number of carbonyl (C=O) groups is 2. The van der Waals surface area contributed by atoms with Crippen LogP contribution in [0.15, 0.2) is 72.8 Å². The molecule has 0 unspecified atom stereocenters. The lowest BCUT2D eigenvalue weighted by Crippen LogP contribution is -2.46. The summed E-state index contributed by atoms with van der Waals surface area (Å²) in [6, 6.07) is 22.8. The first-order valence-electron chi connectivity index (χ1n) is 12.1. The molecular formula is C30H30F3N3O2. The van der Waals surface area contributed by atoms with Gasteiger partial charge in [0, 0.05) is 17.6 Å². The Hall–Kier alpha value is -4.12. The van der Waals surface area contributed by atoms with Crippen LogP contribution in [0.2, 0.25) is 0 Å². The smallest absolute Gasteiger partial charge is 0.355 e. The van der Waals surface area contributed by atoms with Crippen molar-refractivity contribution in [2.75, 3.05) is 0 Å². The minimum Gasteiger partial charge on any atom is -0.355 e. The Labute approximate surface area is 220 Å². The summed E-state index contributed by atoms with van der Waals surface area (Å²) in [5, 5.41) is 14.7. The van der Waals surface area contributed by atoms with Crippen molar-refractivity contribution in [1.82, 2.24) is 10.6 Å². The molecule has 0 heterocycles. The van der Waals surface area contributed by atoms with Crippen molar-refractivity contribution >= 4 is 12.3 Å². The third-order valence-corrected chi connectivity index (χ3v) is 6.49.